The number of ether oxygens (including phenoxy) is 1. The van der Waals surface area contributed by atoms with Crippen molar-refractivity contribution in [1.82, 2.24) is 5.32 Å². The Balaban J connectivity index is 1.87. The predicted molar refractivity (Wildman–Crippen MR) is 94.7 cm³/mol. The van der Waals surface area contributed by atoms with E-state index in [-0.39, 0.29) is 11.3 Å². The first-order valence-electron chi connectivity index (χ1n) is 8.09. The molecule has 0 bridgehead atoms. The van der Waals surface area contributed by atoms with Crippen LogP contribution in [0.25, 0.3) is 0 Å². The average molecular weight is 357 g/mol. The van der Waals surface area contributed by atoms with Crippen molar-refractivity contribution >= 4 is 17.7 Å². The van der Waals surface area contributed by atoms with Crippen molar-refractivity contribution in [2.75, 3.05) is 13.2 Å². The summed E-state index contributed by atoms with van der Waals surface area (Å²) in [4.78, 5) is 35.8. The Bertz CT molecular complexity index is 861. The molecule has 6 heteroatoms. The van der Waals surface area contributed by atoms with Crippen molar-refractivity contribution in [2.45, 2.75) is 20.8 Å². The highest BCUT2D eigenvalue weighted by Crippen LogP contribution is 2.16. The standard InChI is InChI=1S/C20H20FNO4/c1-12-8-14(3)16(9-13(12)2)18(23)11-26-19(24)10-22-20(25)15-6-4-5-7-17(15)21/h4-9H,10-11H2,1-3H3,(H,22,25). The number of carbonyl (C=O) groups is 3. The lowest BCUT2D eigenvalue weighted by Crippen LogP contribution is -2.32. The number of halogens is 1. The van der Waals surface area contributed by atoms with E-state index in [0.29, 0.717) is 5.56 Å². The summed E-state index contributed by atoms with van der Waals surface area (Å²) in [6.45, 7) is 4.80. The van der Waals surface area contributed by atoms with E-state index < -0.39 is 30.8 Å². The third kappa shape index (κ3) is 4.75. The van der Waals surface area contributed by atoms with Crippen LogP contribution < -0.4 is 5.32 Å². The fraction of sp³-hybridized carbons (Fsp3) is 0.250. The van der Waals surface area contributed by atoms with Crippen LogP contribution >= 0.6 is 0 Å². The maximum absolute atomic E-state index is 13.5. The number of hydrogen-bond acceptors (Lipinski definition) is 4. The first kappa shape index (κ1) is 19.3. The maximum Gasteiger partial charge on any atom is 0.325 e. The lowest BCUT2D eigenvalue weighted by atomic mass is 9.98. The molecule has 1 amide bonds. The minimum atomic E-state index is -0.774. The lowest BCUT2D eigenvalue weighted by molar-refractivity contribution is -0.141. The third-order valence-corrected chi connectivity index (χ3v) is 4.02. The Kier molecular flexibility index (Phi) is 6.22. The van der Waals surface area contributed by atoms with Gasteiger partial charge >= 0.3 is 5.97 Å². The van der Waals surface area contributed by atoms with Crippen LogP contribution in [0.15, 0.2) is 36.4 Å². The third-order valence-electron chi connectivity index (χ3n) is 4.02. The number of esters is 1. The Morgan fingerprint density at radius 1 is 0.962 bits per heavy atom. The molecule has 0 aliphatic carbocycles. The topological polar surface area (TPSA) is 72.5 Å². The van der Waals surface area contributed by atoms with Gasteiger partial charge in [-0.05, 0) is 55.7 Å². The molecule has 2 aromatic rings. The van der Waals surface area contributed by atoms with E-state index in [0.717, 1.165) is 22.8 Å². The number of ketones is 1. The molecule has 0 unspecified atom stereocenters. The molecule has 5 nitrogen and oxygen atoms in total. The van der Waals surface area contributed by atoms with E-state index >= 15 is 0 Å². The van der Waals surface area contributed by atoms with Gasteiger partial charge in [-0.2, -0.15) is 0 Å². The number of amides is 1. The van der Waals surface area contributed by atoms with Crippen molar-refractivity contribution < 1.29 is 23.5 Å². The summed E-state index contributed by atoms with van der Waals surface area (Å²) in [5, 5.41) is 2.27. The fourth-order valence-electron chi connectivity index (χ4n) is 2.43. The molecule has 0 aliphatic heterocycles. The molecular formula is C20H20FNO4. The average Bonchev–Trinajstić information content (AvgIpc) is 2.61. The first-order chi connectivity index (χ1) is 12.3. The summed E-state index contributed by atoms with van der Waals surface area (Å²) in [6, 6.07) is 9.10. The molecule has 0 fully saturated rings. The minimum Gasteiger partial charge on any atom is -0.456 e. The van der Waals surface area contributed by atoms with Crippen molar-refractivity contribution in [3.05, 3.63) is 70.0 Å². The fourth-order valence-corrected chi connectivity index (χ4v) is 2.43. The molecule has 0 aliphatic rings. The highest BCUT2D eigenvalue weighted by Gasteiger charge is 2.15. The van der Waals surface area contributed by atoms with Crippen molar-refractivity contribution in [3.63, 3.8) is 0 Å². The number of hydrogen-bond donors (Lipinski definition) is 1. The summed E-state index contributed by atoms with van der Waals surface area (Å²) in [5.74, 6) is -2.50. The molecule has 0 radical (unpaired) electrons. The van der Waals surface area contributed by atoms with Gasteiger partial charge in [0.25, 0.3) is 5.91 Å². The van der Waals surface area contributed by atoms with Gasteiger partial charge < -0.3 is 10.1 Å². The van der Waals surface area contributed by atoms with Crippen LogP contribution in [-0.4, -0.2) is 30.8 Å². The Morgan fingerprint density at radius 3 is 2.31 bits per heavy atom. The molecule has 0 saturated heterocycles. The Hall–Kier alpha value is -3.02. The highest BCUT2D eigenvalue weighted by molar-refractivity contribution is 6.00. The van der Waals surface area contributed by atoms with E-state index in [1.165, 1.54) is 18.2 Å². The van der Waals surface area contributed by atoms with Gasteiger partial charge in [0.2, 0.25) is 5.78 Å². The number of nitrogens with one attached hydrogen (secondary N) is 1. The van der Waals surface area contributed by atoms with E-state index in [2.05, 4.69) is 5.32 Å². The monoisotopic (exact) mass is 357 g/mol. The summed E-state index contributed by atoms with van der Waals surface area (Å²) in [6.07, 6.45) is 0. The number of aryl methyl sites for hydroxylation is 3. The number of Topliss-reactive ketones (excluding diaryl/α,β-unsaturated/α-hetero) is 1. The first-order valence-corrected chi connectivity index (χ1v) is 8.09. The van der Waals surface area contributed by atoms with Crippen LogP contribution in [0.5, 0.6) is 0 Å². The van der Waals surface area contributed by atoms with E-state index in [4.69, 9.17) is 4.74 Å². The minimum absolute atomic E-state index is 0.165. The predicted octanol–water partition coefficient (Wildman–Crippen LogP) is 2.91. The van der Waals surface area contributed by atoms with Crippen LogP contribution in [-0.2, 0) is 9.53 Å². The van der Waals surface area contributed by atoms with E-state index in [1.54, 1.807) is 6.07 Å². The van der Waals surface area contributed by atoms with Crippen LogP contribution in [0.1, 0.15) is 37.4 Å². The molecule has 2 rings (SSSR count). The zero-order valence-electron chi connectivity index (χ0n) is 14.9. The molecule has 0 spiro atoms. The zero-order chi connectivity index (χ0) is 19.3. The van der Waals surface area contributed by atoms with Crippen LogP contribution in [0.3, 0.4) is 0 Å². The normalized spacial score (nSPS) is 10.3. The van der Waals surface area contributed by atoms with Gasteiger partial charge in [-0.1, -0.05) is 18.2 Å². The summed E-state index contributed by atoms with van der Waals surface area (Å²) in [7, 11) is 0. The van der Waals surface area contributed by atoms with E-state index in [1.807, 2.05) is 26.8 Å². The number of carbonyl (C=O) groups excluding carboxylic acids is 3. The molecule has 1 N–H and O–H groups in total. The van der Waals surface area contributed by atoms with Gasteiger partial charge in [0, 0.05) is 5.56 Å². The smallest absolute Gasteiger partial charge is 0.325 e. The maximum atomic E-state index is 13.5. The van der Waals surface area contributed by atoms with Crippen LogP contribution in [0, 0.1) is 26.6 Å². The van der Waals surface area contributed by atoms with Gasteiger partial charge in [0.05, 0.1) is 5.56 Å². The molecule has 26 heavy (non-hydrogen) atoms. The molecule has 136 valence electrons. The van der Waals surface area contributed by atoms with Gasteiger partial charge in [0.1, 0.15) is 12.4 Å². The second-order valence-electron chi connectivity index (χ2n) is 6.00. The Morgan fingerprint density at radius 2 is 1.62 bits per heavy atom. The Labute approximate surface area is 151 Å². The SMILES string of the molecule is Cc1cc(C)c(C(=O)COC(=O)CNC(=O)c2ccccc2F)cc1C. The van der Waals surface area contributed by atoms with Crippen molar-refractivity contribution in [2.24, 2.45) is 0 Å². The number of rotatable bonds is 6. The van der Waals surface area contributed by atoms with Crippen molar-refractivity contribution in [1.29, 1.82) is 0 Å². The quantitative estimate of drug-likeness (QED) is 0.637. The molecule has 0 saturated carbocycles. The second kappa shape index (κ2) is 8.38. The van der Waals surface area contributed by atoms with E-state index in [9.17, 15) is 18.8 Å². The summed E-state index contributed by atoms with van der Waals surface area (Å²) >= 11 is 0. The lowest BCUT2D eigenvalue weighted by Gasteiger charge is -2.10. The van der Waals surface area contributed by atoms with Gasteiger partial charge in [-0.3, -0.25) is 14.4 Å². The molecule has 2 aromatic carbocycles. The van der Waals surface area contributed by atoms with Crippen LogP contribution in [0.4, 0.5) is 4.39 Å². The summed E-state index contributed by atoms with van der Waals surface area (Å²) in [5.41, 5.74) is 3.19. The molecular weight excluding hydrogens is 337 g/mol. The molecule has 0 atom stereocenters. The van der Waals surface area contributed by atoms with Crippen LogP contribution in [0.2, 0.25) is 0 Å². The molecule has 0 heterocycles. The summed E-state index contributed by atoms with van der Waals surface area (Å²) < 4.78 is 18.4. The zero-order valence-corrected chi connectivity index (χ0v) is 14.9. The van der Waals surface area contributed by atoms with Gasteiger partial charge in [-0.25, -0.2) is 4.39 Å². The van der Waals surface area contributed by atoms with Gasteiger partial charge in [-0.15, -0.1) is 0 Å². The van der Waals surface area contributed by atoms with Gasteiger partial charge in [0.15, 0.2) is 6.61 Å². The van der Waals surface area contributed by atoms with Crippen molar-refractivity contribution in [3.8, 4) is 0 Å². The number of benzene rings is 2. The molecule has 0 aromatic heterocycles. The second-order valence-corrected chi connectivity index (χ2v) is 6.00. The largest absolute Gasteiger partial charge is 0.456 e. The highest BCUT2D eigenvalue weighted by atomic mass is 19.1.